The van der Waals surface area contributed by atoms with E-state index in [1.807, 2.05) is 0 Å². The molecule has 1 N–H and O–H groups in total. The maximum Gasteiger partial charge on any atom is 0.379 e. The normalized spacial score (nSPS) is 10.8. The molecule has 78 valence electrons. The molecule has 0 aliphatic rings. The van der Waals surface area contributed by atoms with E-state index < -0.39 is 17.5 Å². The Balaban J connectivity index is 3.46. The Morgan fingerprint density at radius 1 is 1.53 bits per heavy atom. The number of hydrogen-bond acceptors (Lipinski definition) is 2. The van der Waals surface area contributed by atoms with Crippen LogP contribution in [0.15, 0.2) is 18.2 Å². The molecule has 1 rings (SSSR count). The third-order valence-corrected chi connectivity index (χ3v) is 1.99. The van der Waals surface area contributed by atoms with Crippen molar-refractivity contribution in [3.63, 3.8) is 0 Å². The maximum atomic E-state index is 13.2. The SMILES string of the molecule is Cc1cccc(C(F)(F)C(=O)O)c1C#N. The molecule has 0 aliphatic heterocycles. The first-order chi connectivity index (χ1) is 6.91. The summed E-state index contributed by atoms with van der Waals surface area (Å²) >= 11 is 0. The predicted octanol–water partition coefficient (Wildman–Crippen LogP) is 2.04. The van der Waals surface area contributed by atoms with E-state index in [1.165, 1.54) is 19.1 Å². The molecular formula is C10H7F2NO2. The van der Waals surface area contributed by atoms with Crippen LogP contribution in [0.25, 0.3) is 0 Å². The standard InChI is InChI=1S/C10H7F2NO2/c1-6-3-2-4-8(7(6)5-13)10(11,12)9(14)15/h2-4H,1H3,(H,14,15). The Morgan fingerprint density at radius 3 is 2.60 bits per heavy atom. The van der Waals surface area contributed by atoms with Gasteiger partial charge in [-0.25, -0.2) is 4.79 Å². The summed E-state index contributed by atoms with van der Waals surface area (Å²) in [7, 11) is 0. The molecule has 5 heteroatoms. The third-order valence-electron chi connectivity index (χ3n) is 1.99. The van der Waals surface area contributed by atoms with E-state index in [4.69, 9.17) is 10.4 Å². The van der Waals surface area contributed by atoms with Gasteiger partial charge in [0.05, 0.1) is 17.2 Å². The first kappa shape index (κ1) is 11.1. The van der Waals surface area contributed by atoms with Crippen LogP contribution in [0, 0.1) is 18.3 Å². The van der Waals surface area contributed by atoms with Crippen LogP contribution < -0.4 is 0 Å². The molecule has 0 atom stereocenters. The zero-order chi connectivity index (χ0) is 11.6. The fourth-order valence-corrected chi connectivity index (χ4v) is 1.19. The highest BCUT2D eigenvalue weighted by atomic mass is 19.3. The third kappa shape index (κ3) is 1.79. The van der Waals surface area contributed by atoms with Crippen molar-refractivity contribution in [3.8, 4) is 6.07 Å². The number of rotatable bonds is 2. The first-order valence-corrected chi connectivity index (χ1v) is 4.02. The molecule has 0 aliphatic carbocycles. The molecule has 1 aromatic rings. The number of carboxylic acids is 1. The molecule has 0 saturated carbocycles. The lowest BCUT2D eigenvalue weighted by molar-refractivity contribution is -0.166. The minimum atomic E-state index is -4.03. The lowest BCUT2D eigenvalue weighted by Gasteiger charge is -2.13. The molecule has 0 bridgehead atoms. The highest BCUT2D eigenvalue weighted by Crippen LogP contribution is 2.31. The Bertz CT molecular complexity index is 449. The number of carbonyl (C=O) groups is 1. The molecule has 0 amide bonds. The Kier molecular flexibility index (Phi) is 2.71. The van der Waals surface area contributed by atoms with Gasteiger partial charge in [-0.2, -0.15) is 14.0 Å². The van der Waals surface area contributed by atoms with Gasteiger partial charge in [0.25, 0.3) is 0 Å². The first-order valence-electron chi connectivity index (χ1n) is 4.02. The minimum absolute atomic E-state index is 0.287. The predicted molar refractivity (Wildman–Crippen MR) is 47.4 cm³/mol. The highest BCUT2D eigenvalue weighted by molar-refractivity contribution is 5.78. The van der Waals surface area contributed by atoms with Gasteiger partial charge in [0, 0.05) is 0 Å². The second kappa shape index (κ2) is 3.65. The molecule has 0 radical (unpaired) electrons. The molecular weight excluding hydrogens is 204 g/mol. The fourth-order valence-electron chi connectivity index (χ4n) is 1.19. The topological polar surface area (TPSA) is 61.1 Å². The second-order valence-electron chi connectivity index (χ2n) is 2.99. The van der Waals surface area contributed by atoms with Crippen LogP contribution in [-0.4, -0.2) is 11.1 Å². The summed E-state index contributed by atoms with van der Waals surface area (Å²) in [5, 5.41) is 17.0. The summed E-state index contributed by atoms with van der Waals surface area (Å²) in [5.41, 5.74) is -0.724. The Hall–Kier alpha value is -1.96. The van der Waals surface area contributed by atoms with Gasteiger partial charge >= 0.3 is 11.9 Å². The van der Waals surface area contributed by atoms with E-state index in [2.05, 4.69) is 0 Å². The zero-order valence-electron chi connectivity index (χ0n) is 7.79. The Labute approximate surface area is 84.6 Å². The highest BCUT2D eigenvalue weighted by Gasteiger charge is 2.43. The van der Waals surface area contributed by atoms with E-state index in [0.29, 0.717) is 5.56 Å². The van der Waals surface area contributed by atoms with Crippen LogP contribution in [0.3, 0.4) is 0 Å². The van der Waals surface area contributed by atoms with E-state index in [9.17, 15) is 13.6 Å². The number of halogens is 2. The molecule has 0 unspecified atom stereocenters. The number of nitrogens with zero attached hydrogens (tertiary/aromatic N) is 1. The van der Waals surface area contributed by atoms with Gasteiger partial charge in [0.15, 0.2) is 0 Å². The Morgan fingerprint density at radius 2 is 2.13 bits per heavy atom. The van der Waals surface area contributed by atoms with Gasteiger partial charge in [0.2, 0.25) is 0 Å². The van der Waals surface area contributed by atoms with Gasteiger partial charge in [0.1, 0.15) is 0 Å². The summed E-state index contributed by atoms with van der Waals surface area (Å²) in [6, 6.07) is 5.29. The molecule has 0 fully saturated rings. The van der Waals surface area contributed by atoms with Crippen LogP contribution >= 0.6 is 0 Å². The van der Waals surface area contributed by atoms with Gasteiger partial charge < -0.3 is 5.11 Å². The lowest BCUT2D eigenvalue weighted by Crippen LogP contribution is -2.26. The summed E-state index contributed by atoms with van der Waals surface area (Å²) < 4.78 is 26.3. The number of hydrogen-bond donors (Lipinski definition) is 1. The average molecular weight is 211 g/mol. The van der Waals surface area contributed by atoms with Crippen LogP contribution in [-0.2, 0) is 10.7 Å². The van der Waals surface area contributed by atoms with E-state index >= 15 is 0 Å². The molecule has 0 spiro atoms. The minimum Gasteiger partial charge on any atom is -0.477 e. The monoisotopic (exact) mass is 211 g/mol. The summed E-state index contributed by atoms with van der Waals surface area (Å²) in [6.07, 6.45) is 0. The number of benzene rings is 1. The maximum absolute atomic E-state index is 13.2. The van der Waals surface area contributed by atoms with E-state index in [0.717, 1.165) is 6.07 Å². The van der Waals surface area contributed by atoms with Crippen molar-refractivity contribution >= 4 is 5.97 Å². The smallest absolute Gasteiger partial charge is 0.379 e. The van der Waals surface area contributed by atoms with Crippen molar-refractivity contribution in [2.75, 3.05) is 0 Å². The van der Waals surface area contributed by atoms with Crippen LogP contribution in [0.5, 0.6) is 0 Å². The van der Waals surface area contributed by atoms with Gasteiger partial charge in [-0.1, -0.05) is 18.2 Å². The van der Waals surface area contributed by atoms with Crippen molar-refractivity contribution in [2.45, 2.75) is 12.8 Å². The van der Waals surface area contributed by atoms with Gasteiger partial charge in [-0.05, 0) is 12.5 Å². The molecule has 0 aromatic heterocycles. The number of carboxylic acid groups (broad SMARTS) is 1. The molecule has 3 nitrogen and oxygen atoms in total. The fraction of sp³-hybridized carbons (Fsp3) is 0.200. The van der Waals surface area contributed by atoms with Crippen LogP contribution in [0.1, 0.15) is 16.7 Å². The average Bonchev–Trinajstić information content (AvgIpc) is 2.17. The largest absolute Gasteiger partial charge is 0.477 e. The molecule has 1 aromatic carbocycles. The molecule has 15 heavy (non-hydrogen) atoms. The summed E-state index contributed by atoms with van der Waals surface area (Å²) in [6.45, 7) is 1.47. The van der Waals surface area contributed by atoms with Crippen molar-refractivity contribution in [3.05, 3.63) is 34.9 Å². The summed E-state index contributed by atoms with van der Waals surface area (Å²) in [4.78, 5) is 10.3. The number of nitriles is 1. The second-order valence-corrected chi connectivity index (χ2v) is 2.99. The number of alkyl halides is 2. The van der Waals surface area contributed by atoms with Crippen LogP contribution in [0.2, 0.25) is 0 Å². The zero-order valence-corrected chi connectivity index (χ0v) is 7.79. The lowest BCUT2D eigenvalue weighted by atomic mass is 9.98. The van der Waals surface area contributed by atoms with Crippen molar-refractivity contribution in [2.24, 2.45) is 0 Å². The molecule has 0 heterocycles. The quantitative estimate of drug-likeness (QED) is 0.814. The van der Waals surface area contributed by atoms with Crippen molar-refractivity contribution in [1.29, 1.82) is 5.26 Å². The van der Waals surface area contributed by atoms with Crippen LogP contribution in [0.4, 0.5) is 8.78 Å². The van der Waals surface area contributed by atoms with Gasteiger partial charge in [-0.15, -0.1) is 0 Å². The van der Waals surface area contributed by atoms with E-state index in [-0.39, 0.29) is 5.56 Å². The summed E-state index contributed by atoms with van der Waals surface area (Å²) in [5.74, 6) is -6.29. The number of aliphatic carboxylic acids is 1. The van der Waals surface area contributed by atoms with E-state index in [1.54, 1.807) is 6.07 Å². The van der Waals surface area contributed by atoms with Crippen molar-refractivity contribution in [1.82, 2.24) is 0 Å². The van der Waals surface area contributed by atoms with Gasteiger partial charge in [-0.3, -0.25) is 0 Å². The molecule has 0 saturated heterocycles. The number of aryl methyl sites for hydroxylation is 1. The van der Waals surface area contributed by atoms with Crippen molar-refractivity contribution < 1.29 is 18.7 Å².